The molecule has 0 spiro atoms. The van der Waals surface area contributed by atoms with Crippen LogP contribution in [0.25, 0.3) is 22.6 Å². The van der Waals surface area contributed by atoms with Crippen molar-refractivity contribution in [3.05, 3.63) is 96.4 Å². The second-order valence-corrected chi connectivity index (χ2v) is 5.98. The van der Waals surface area contributed by atoms with Crippen molar-refractivity contribution in [3.63, 3.8) is 0 Å². The summed E-state index contributed by atoms with van der Waals surface area (Å²) >= 11 is 0. The number of rotatable bonds is 4. The molecule has 0 radical (unpaired) electrons. The van der Waals surface area contributed by atoms with E-state index in [1.54, 1.807) is 6.20 Å². The third-order valence-corrected chi connectivity index (χ3v) is 4.26. The van der Waals surface area contributed by atoms with E-state index in [9.17, 15) is 0 Å². The van der Waals surface area contributed by atoms with Crippen LogP contribution in [0.15, 0.2) is 85.3 Å². The highest BCUT2D eigenvalue weighted by molar-refractivity contribution is 5.65. The van der Waals surface area contributed by atoms with Crippen LogP contribution in [0.5, 0.6) is 0 Å². The van der Waals surface area contributed by atoms with Gasteiger partial charge in [-0.15, -0.1) is 0 Å². The van der Waals surface area contributed by atoms with E-state index in [1.165, 1.54) is 0 Å². The van der Waals surface area contributed by atoms with Gasteiger partial charge in [0, 0.05) is 36.3 Å². The zero-order chi connectivity index (χ0) is 17.8. The molecule has 0 N–H and O–H groups in total. The molecule has 4 rings (SSSR count). The molecule has 2 aromatic heterocycles. The second kappa shape index (κ2) is 7.04. The molecule has 0 amide bonds. The van der Waals surface area contributed by atoms with Gasteiger partial charge in [0.25, 0.3) is 0 Å². The van der Waals surface area contributed by atoms with Gasteiger partial charge in [-0.25, -0.2) is 4.98 Å². The minimum absolute atomic E-state index is 0.671. The molecule has 0 aliphatic rings. The summed E-state index contributed by atoms with van der Waals surface area (Å²) in [6.45, 7) is 0.711. The van der Waals surface area contributed by atoms with Gasteiger partial charge < -0.3 is 4.57 Å². The summed E-state index contributed by atoms with van der Waals surface area (Å²) in [5.41, 5.74) is 4.90. The van der Waals surface area contributed by atoms with Crippen LogP contribution in [0.4, 0.5) is 0 Å². The lowest BCUT2D eigenvalue weighted by Gasteiger charge is -2.09. The number of hydrogen-bond donors (Lipinski definition) is 0. The van der Waals surface area contributed by atoms with E-state index < -0.39 is 0 Å². The van der Waals surface area contributed by atoms with Crippen LogP contribution < -0.4 is 0 Å². The maximum absolute atomic E-state index is 8.91. The van der Waals surface area contributed by atoms with Crippen LogP contribution in [0.1, 0.15) is 11.1 Å². The van der Waals surface area contributed by atoms with Crippen molar-refractivity contribution < 1.29 is 0 Å². The minimum Gasteiger partial charge on any atom is -0.327 e. The molecular weight excluding hydrogens is 320 g/mol. The number of imidazole rings is 1. The van der Waals surface area contributed by atoms with Crippen LogP contribution in [-0.4, -0.2) is 14.5 Å². The van der Waals surface area contributed by atoms with Gasteiger partial charge in [-0.1, -0.05) is 42.5 Å². The summed E-state index contributed by atoms with van der Waals surface area (Å²) in [6.07, 6.45) is 5.58. The number of benzene rings is 2. The van der Waals surface area contributed by atoms with E-state index in [-0.39, 0.29) is 0 Å². The van der Waals surface area contributed by atoms with Crippen molar-refractivity contribution in [2.75, 3.05) is 0 Å². The topological polar surface area (TPSA) is 54.5 Å². The number of pyridine rings is 1. The summed E-state index contributed by atoms with van der Waals surface area (Å²) < 4.78 is 2.11. The lowest BCUT2D eigenvalue weighted by Crippen LogP contribution is -2.01. The number of nitrogens with zero attached hydrogens (tertiary/aromatic N) is 4. The highest BCUT2D eigenvalue weighted by Gasteiger charge is 2.07. The summed E-state index contributed by atoms with van der Waals surface area (Å²) in [6, 6.07) is 24.0. The van der Waals surface area contributed by atoms with Gasteiger partial charge in [-0.2, -0.15) is 5.26 Å². The molecule has 0 unspecified atom stereocenters. The minimum atomic E-state index is 0.671. The molecule has 0 saturated heterocycles. The molecule has 2 heterocycles. The van der Waals surface area contributed by atoms with Crippen LogP contribution >= 0.6 is 0 Å². The SMILES string of the molecule is N#Cc1ccc(Cn2ccnc2-c2ccc(-c3ccccn3)cc2)cc1. The van der Waals surface area contributed by atoms with E-state index in [1.807, 2.05) is 54.9 Å². The fourth-order valence-electron chi connectivity index (χ4n) is 2.90. The van der Waals surface area contributed by atoms with Crippen molar-refractivity contribution >= 4 is 0 Å². The maximum atomic E-state index is 8.91. The van der Waals surface area contributed by atoms with E-state index in [4.69, 9.17) is 5.26 Å². The molecule has 4 aromatic rings. The molecule has 4 heteroatoms. The predicted molar refractivity (Wildman–Crippen MR) is 101 cm³/mol. The highest BCUT2D eigenvalue weighted by Crippen LogP contribution is 2.23. The normalized spacial score (nSPS) is 10.4. The van der Waals surface area contributed by atoms with E-state index in [2.05, 4.69) is 44.9 Å². The van der Waals surface area contributed by atoms with Gasteiger partial charge in [-0.3, -0.25) is 4.98 Å². The largest absolute Gasteiger partial charge is 0.327 e. The highest BCUT2D eigenvalue weighted by atomic mass is 15.1. The Morgan fingerprint density at radius 3 is 2.27 bits per heavy atom. The number of aromatic nitrogens is 3. The van der Waals surface area contributed by atoms with Crippen molar-refractivity contribution in [1.82, 2.24) is 14.5 Å². The maximum Gasteiger partial charge on any atom is 0.140 e. The standard InChI is InChI=1S/C22H16N4/c23-15-17-4-6-18(7-5-17)16-26-14-13-25-22(26)20-10-8-19(9-11-20)21-3-1-2-12-24-21/h1-14H,16H2. The zero-order valence-corrected chi connectivity index (χ0v) is 14.1. The Bertz CT molecular complexity index is 1040. The first-order chi connectivity index (χ1) is 12.8. The molecule has 0 fully saturated rings. The van der Waals surface area contributed by atoms with Gasteiger partial charge >= 0.3 is 0 Å². The van der Waals surface area contributed by atoms with Crippen LogP contribution in [-0.2, 0) is 6.54 Å². The van der Waals surface area contributed by atoms with E-state index in [0.29, 0.717) is 12.1 Å². The summed E-state index contributed by atoms with van der Waals surface area (Å²) in [5.74, 6) is 0.918. The first-order valence-electron chi connectivity index (χ1n) is 8.35. The third kappa shape index (κ3) is 3.24. The van der Waals surface area contributed by atoms with Crippen LogP contribution in [0.3, 0.4) is 0 Å². The lowest BCUT2D eigenvalue weighted by molar-refractivity contribution is 0.807. The van der Waals surface area contributed by atoms with E-state index >= 15 is 0 Å². The quantitative estimate of drug-likeness (QED) is 0.550. The number of nitriles is 1. The van der Waals surface area contributed by atoms with Gasteiger partial charge in [0.1, 0.15) is 5.82 Å². The van der Waals surface area contributed by atoms with Crippen LogP contribution in [0.2, 0.25) is 0 Å². The van der Waals surface area contributed by atoms with Gasteiger partial charge in [0.15, 0.2) is 0 Å². The second-order valence-electron chi connectivity index (χ2n) is 5.98. The average molecular weight is 336 g/mol. The Labute approximate surface area is 152 Å². The Kier molecular flexibility index (Phi) is 4.28. The molecule has 0 saturated carbocycles. The molecule has 0 aliphatic carbocycles. The van der Waals surface area contributed by atoms with Crippen LogP contribution in [0, 0.1) is 11.3 Å². The monoisotopic (exact) mass is 336 g/mol. The van der Waals surface area contributed by atoms with Crippen molar-refractivity contribution in [2.45, 2.75) is 6.54 Å². The first kappa shape index (κ1) is 15.8. The lowest BCUT2D eigenvalue weighted by atomic mass is 10.1. The fraction of sp³-hybridized carbons (Fsp3) is 0.0455. The molecule has 124 valence electrons. The molecule has 0 atom stereocenters. The van der Waals surface area contributed by atoms with E-state index in [0.717, 1.165) is 28.2 Å². The molecule has 0 bridgehead atoms. The number of hydrogen-bond acceptors (Lipinski definition) is 3. The van der Waals surface area contributed by atoms with Crippen molar-refractivity contribution in [1.29, 1.82) is 5.26 Å². The van der Waals surface area contributed by atoms with Gasteiger partial charge in [-0.05, 0) is 29.8 Å². The zero-order valence-electron chi connectivity index (χ0n) is 14.1. The molecular formula is C22H16N4. The Morgan fingerprint density at radius 1 is 0.808 bits per heavy atom. The third-order valence-electron chi connectivity index (χ3n) is 4.26. The summed E-state index contributed by atoms with van der Waals surface area (Å²) in [5, 5.41) is 8.91. The van der Waals surface area contributed by atoms with Crippen molar-refractivity contribution in [2.24, 2.45) is 0 Å². The Hall–Kier alpha value is -3.71. The molecule has 4 nitrogen and oxygen atoms in total. The summed E-state index contributed by atoms with van der Waals surface area (Å²) in [7, 11) is 0. The average Bonchev–Trinajstić information content (AvgIpc) is 3.17. The fourth-order valence-corrected chi connectivity index (χ4v) is 2.90. The molecule has 0 aliphatic heterocycles. The Balaban J connectivity index is 1.59. The Morgan fingerprint density at radius 2 is 1.58 bits per heavy atom. The first-order valence-corrected chi connectivity index (χ1v) is 8.35. The van der Waals surface area contributed by atoms with Gasteiger partial charge in [0.2, 0.25) is 0 Å². The van der Waals surface area contributed by atoms with Gasteiger partial charge in [0.05, 0.1) is 17.3 Å². The predicted octanol–water partition coefficient (Wildman–Crippen LogP) is 4.53. The molecule has 26 heavy (non-hydrogen) atoms. The van der Waals surface area contributed by atoms with Crippen molar-refractivity contribution in [3.8, 4) is 28.7 Å². The summed E-state index contributed by atoms with van der Waals surface area (Å²) in [4.78, 5) is 8.90. The molecule has 2 aromatic carbocycles. The smallest absolute Gasteiger partial charge is 0.140 e.